The zero-order valence-corrected chi connectivity index (χ0v) is 50.8. The minimum absolute atomic E-state index is 0.0679. The molecule has 0 aromatic rings. The van der Waals surface area contributed by atoms with Gasteiger partial charge >= 0.3 is 17.9 Å². The first-order chi connectivity index (χ1) is 37.0. The van der Waals surface area contributed by atoms with Crippen LogP contribution in [0.4, 0.5) is 0 Å². The molecule has 0 aliphatic heterocycles. The van der Waals surface area contributed by atoms with Crippen molar-refractivity contribution in [3.05, 3.63) is 24.3 Å². The molecule has 0 aromatic carbocycles. The van der Waals surface area contributed by atoms with Crippen molar-refractivity contribution in [2.24, 2.45) is 0 Å². The van der Waals surface area contributed by atoms with Crippen molar-refractivity contribution < 1.29 is 28.6 Å². The van der Waals surface area contributed by atoms with Gasteiger partial charge in [0.1, 0.15) is 13.2 Å². The van der Waals surface area contributed by atoms with Gasteiger partial charge in [-0.3, -0.25) is 14.4 Å². The highest BCUT2D eigenvalue weighted by molar-refractivity contribution is 5.71. The number of ether oxygens (including phenoxy) is 3. The third-order valence-electron chi connectivity index (χ3n) is 15.4. The largest absolute Gasteiger partial charge is 0.462 e. The van der Waals surface area contributed by atoms with Gasteiger partial charge in [0.25, 0.3) is 0 Å². The Hall–Kier alpha value is -2.11. The summed E-state index contributed by atoms with van der Waals surface area (Å²) >= 11 is 0. The molecule has 0 aliphatic carbocycles. The van der Waals surface area contributed by atoms with Gasteiger partial charge < -0.3 is 14.2 Å². The monoisotopic (exact) mass is 1050 g/mol. The molecule has 1 atom stereocenters. The van der Waals surface area contributed by atoms with E-state index in [1.165, 1.54) is 270 Å². The summed E-state index contributed by atoms with van der Waals surface area (Å²) < 4.78 is 16.9. The van der Waals surface area contributed by atoms with Gasteiger partial charge in [-0.25, -0.2) is 0 Å². The van der Waals surface area contributed by atoms with E-state index in [0.717, 1.165) is 70.6 Å². The molecule has 0 aliphatic rings. The summed E-state index contributed by atoms with van der Waals surface area (Å²) in [6.45, 7) is 6.64. The van der Waals surface area contributed by atoms with Crippen LogP contribution in [-0.2, 0) is 28.6 Å². The van der Waals surface area contributed by atoms with Crippen LogP contribution in [0.1, 0.15) is 380 Å². The molecule has 0 radical (unpaired) electrons. The second-order valence-electron chi connectivity index (χ2n) is 23.1. The fraction of sp³-hybridized carbons (Fsp3) is 0.899. The number of allylic oxidation sites excluding steroid dienone is 4. The number of esters is 3. The molecule has 1 unspecified atom stereocenters. The van der Waals surface area contributed by atoms with Crippen molar-refractivity contribution in [3.63, 3.8) is 0 Å². The Balaban J connectivity index is 4.05. The minimum atomic E-state index is -0.769. The Bertz CT molecular complexity index is 1210. The van der Waals surface area contributed by atoms with E-state index in [1.54, 1.807) is 0 Å². The molecular weight excluding hydrogens is 925 g/mol. The van der Waals surface area contributed by atoms with Crippen LogP contribution in [0.5, 0.6) is 0 Å². The topological polar surface area (TPSA) is 78.9 Å². The van der Waals surface area contributed by atoms with Gasteiger partial charge in [-0.2, -0.15) is 0 Å². The second kappa shape index (κ2) is 64.4. The third kappa shape index (κ3) is 62.6. The highest BCUT2D eigenvalue weighted by Gasteiger charge is 2.19. The zero-order chi connectivity index (χ0) is 54.3. The van der Waals surface area contributed by atoms with Crippen molar-refractivity contribution in [1.29, 1.82) is 0 Å². The summed E-state index contributed by atoms with van der Waals surface area (Å²) in [7, 11) is 0. The van der Waals surface area contributed by atoms with Crippen LogP contribution in [0.15, 0.2) is 24.3 Å². The summed E-state index contributed by atoms with van der Waals surface area (Å²) in [4.78, 5) is 38.2. The average molecular weight is 1060 g/mol. The number of hydrogen-bond donors (Lipinski definition) is 0. The molecule has 75 heavy (non-hydrogen) atoms. The zero-order valence-electron chi connectivity index (χ0n) is 50.8. The standard InChI is InChI=1S/C69H130O6/c1-4-7-10-13-16-19-22-24-26-28-29-30-31-32-33-34-35-36-37-38-39-40-41-42-44-45-47-50-53-56-59-62-68(71)74-65-66(64-73-67(70)61-58-55-52-49-21-18-15-12-9-6-3)75-69(72)63-60-57-54-51-48-46-43-27-25-23-20-17-14-11-8-5-2/h12,15,28-29,66H,4-11,13-14,16-27,30-65H2,1-3H3/b15-12-,29-28-. The normalized spacial score (nSPS) is 12.1. The lowest BCUT2D eigenvalue weighted by Gasteiger charge is -2.18. The number of carbonyl (C=O) groups is 3. The fourth-order valence-electron chi connectivity index (χ4n) is 10.3. The molecule has 0 aromatic heterocycles. The average Bonchev–Trinajstić information content (AvgIpc) is 3.41. The van der Waals surface area contributed by atoms with E-state index >= 15 is 0 Å². The number of hydrogen-bond acceptors (Lipinski definition) is 6. The van der Waals surface area contributed by atoms with Crippen LogP contribution >= 0.6 is 0 Å². The lowest BCUT2D eigenvalue weighted by molar-refractivity contribution is -0.167. The van der Waals surface area contributed by atoms with Crippen LogP contribution in [0.2, 0.25) is 0 Å². The predicted molar refractivity (Wildman–Crippen MR) is 326 cm³/mol. The summed E-state index contributed by atoms with van der Waals surface area (Å²) in [5.74, 6) is -0.853. The Morgan fingerprint density at radius 1 is 0.253 bits per heavy atom. The van der Waals surface area contributed by atoms with Crippen LogP contribution < -0.4 is 0 Å². The Morgan fingerprint density at radius 2 is 0.467 bits per heavy atom. The molecule has 0 heterocycles. The summed E-state index contributed by atoms with van der Waals surface area (Å²) in [6.07, 6.45) is 77.9. The van der Waals surface area contributed by atoms with Crippen molar-refractivity contribution in [2.45, 2.75) is 386 Å². The number of rotatable bonds is 63. The molecule has 0 rings (SSSR count). The molecule has 0 saturated carbocycles. The predicted octanol–water partition coefficient (Wildman–Crippen LogP) is 23.0. The maximum atomic E-state index is 12.9. The SMILES string of the molecule is CCC/C=C\CCCCCCCC(=O)OCC(COC(=O)CCCCCCCCCCCCCCCCCCCCC/C=C\CCCCCCCCCC)OC(=O)CCCCCCCCCCCCCCCCCC. The van der Waals surface area contributed by atoms with E-state index in [2.05, 4.69) is 45.1 Å². The van der Waals surface area contributed by atoms with Gasteiger partial charge in [0.2, 0.25) is 0 Å². The lowest BCUT2D eigenvalue weighted by atomic mass is 10.0. The molecule has 442 valence electrons. The van der Waals surface area contributed by atoms with Crippen molar-refractivity contribution in [3.8, 4) is 0 Å². The first-order valence-electron chi connectivity index (χ1n) is 33.8. The first-order valence-corrected chi connectivity index (χ1v) is 33.8. The minimum Gasteiger partial charge on any atom is -0.462 e. The quantitative estimate of drug-likeness (QED) is 0.0261. The highest BCUT2D eigenvalue weighted by Crippen LogP contribution is 2.18. The van der Waals surface area contributed by atoms with E-state index in [1.807, 2.05) is 0 Å². The second-order valence-corrected chi connectivity index (χ2v) is 23.1. The van der Waals surface area contributed by atoms with E-state index < -0.39 is 6.10 Å². The molecular formula is C69H130O6. The molecule has 0 spiro atoms. The van der Waals surface area contributed by atoms with Gasteiger partial charge in [0.05, 0.1) is 0 Å². The summed E-state index contributed by atoms with van der Waals surface area (Å²) in [5.41, 5.74) is 0. The van der Waals surface area contributed by atoms with Gasteiger partial charge in [-0.15, -0.1) is 0 Å². The Labute approximate surface area is 468 Å². The smallest absolute Gasteiger partial charge is 0.306 e. The number of carbonyl (C=O) groups excluding carboxylic acids is 3. The summed E-state index contributed by atoms with van der Waals surface area (Å²) in [6, 6.07) is 0. The third-order valence-corrected chi connectivity index (χ3v) is 15.4. The van der Waals surface area contributed by atoms with E-state index in [9.17, 15) is 14.4 Å². The van der Waals surface area contributed by atoms with Crippen LogP contribution in [-0.4, -0.2) is 37.2 Å². The molecule has 6 heteroatoms. The molecule has 6 nitrogen and oxygen atoms in total. The Morgan fingerprint density at radius 3 is 0.720 bits per heavy atom. The number of unbranched alkanes of at least 4 members (excludes halogenated alkanes) is 48. The lowest BCUT2D eigenvalue weighted by Crippen LogP contribution is -2.30. The molecule has 0 amide bonds. The first kappa shape index (κ1) is 72.9. The van der Waals surface area contributed by atoms with Crippen LogP contribution in [0.3, 0.4) is 0 Å². The summed E-state index contributed by atoms with van der Waals surface area (Å²) in [5, 5.41) is 0. The van der Waals surface area contributed by atoms with Crippen molar-refractivity contribution >= 4 is 17.9 Å². The fourth-order valence-corrected chi connectivity index (χ4v) is 10.3. The molecule has 0 fully saturated rings. The Kier molecular flexibility index (Phi) is 62.6. The van der Waals surface area contributed by atoms with Gasteiger partial charge in [-0.1, -0.05) is 321 Å². The van der Waals surface area contributed by atoms with Crippen LogP contribution in [0, 0.1) is 0 Å². The molecule has 0 N–H and O–H groups in total. The highest BCUT2D eigenvalue weighted by atomic mass is 16.6. The van der Waals surface area contributed by atoms with Crippen molar-refractivity contribution in [2.75, 3.05) is 13.2 Å². The molecule has 0 saturated heterocycles. The maximum absolute atomic E-state index is 12.9. The van der Waals surface area contributed by atoms with E-state index in [-0.39, 0.29) is 31.1 Å². The van der Waals surface area contributed by atoms with Gasteiger partial charge in [0.15, 0.2) is 6.10 Å². The maximum Gasteiger partial charge on any atom is 0.306 e. The van der Waals surface area contributed by atoms with E-state index in [0.29, 0.717) is 19.3 Å². The van der Waals surface area contributed by atoms with Crippen molar-refractivity contribution in [1.82, 2.24) is 0 Å². The van der Waals surface area contributed by atoms with Crippen LogP contribution in [0.25, 0.3) is 0 Å². The molecule has 0 bridgehead atoms. The van der Waals surface area contributed by atoms with Gasteiger partial charge in [-0.05, 0) is 64.2 Å². The van der Waals surface area contributed by atoms with E-state index in [4.69, 9.17) is 14.2 Å². The van der Waals surface area contributed by atoms with Gasteiger partial charge in [0, 0.05) is 19.3 Å².